The van der Waals surface area contributed by atoms with Crippen LogP contribution in [0.15, 0.2) is 91.0 Å². The molecule has 0 fully saturated rings. The Morgan fingerprint density at radius 1 is 0.406 bits per heavy atom. The van der Waals surface area contributed by atoms with Crippen LogP contribution in [0, 0.1) is 0 Å². The van der Waals surface area contributed by atoms with Crippen molar-refractivity contribution >= 4 is 0 Å². The van der Waals surface area contributed by atoms with Crippen molar-refractivity contribution in [1.82, 2.24) is 0 Å². The molecule has 170 valence electrons. The summed E-state index contributed by atoms with van der Waals surface area (Å²) in [5.41, 5.74) is 4.14. The second-order valence-electron chi connectivity index (χ2n) is 9.29. The zero-order valence-electron chi connectivity index (χ0n) is 20.1. The lowest BCUT2D eigenvalue weighted by Crippen LogP contribution is -2.29. The summed E-state index contributed by atoms with van der Waals surface area (Å²) >= 11 is 0. The molecule has 0 spiro atoms. The summed E-state index contributed by atoms with van der Waals surface area (Å²) in [6.45, 7) is 2.29. The minimum atomic E-state index is -0.0803. The van der Waals surface area contributed by atoms with Crippen LogP contribution in [0.5, 0.6) is 0 Å². The first-order valence-electron chi connectivity index (χ1n) is 13.0. The third-order valence-corrected chi connectivity index (χ3v) is 6.96. The summed E-state index contributed by atoms with van der Waals surface area (Å²) in [5.74, 6) is 0. The second kappa shape index (κ2) is 13.9. The molecule has 3 rings (SSSR count). The van der Waals surface area contributed by atoms with Gasteiger partial charge in [-0.2, -0.15) is 0 Å². The lowest BCUT2D eigenvalue weighted by molar-refractivity contribution is 0.492. The molecule has 0 heterocycles. The Labute approximate surface area is 197 Å². The third-order valence-electron chi connectivity index (χ3n) is 6.96. The molecule has 0 saturated carbocycles. The standard InChI is InChI=1S/C32H42/c1-2-3-4-5-6-7-8-9-10-11-21-28-32(29-22-15-12-16-23-29,30-24-17-13-18-25-30)31-26-19-14-20-27-31/h12-20,22-27H,2-11,21,28H2,1H3. The largest absolute Gasteiger partial charge is 0.0654 e. The molecule has 32 heavy (non-hydrogen) atoms. The van der Waals surface area contributed by atoms with Gasteiger partial charge in [0.05, 0.1) is 0 Å². The average molecular weight is 427 g/mol. The van der Waals surface area contributed by atoms with Gasteiger partial charge >= 0.3 is 0 Å². The first kappa shape index (κ1) is 24.3. The molecule has 3 aromatic carbocycles. The van der Waals surface area contributed by atoms with E-state index in [4.69, 9.17) is 0 Å². The summed E-state index contributed by atoms with van der Waals surface area (Å²) in [7, 11) is 0. The monoisotopic (exact) mass is 426 g/mol. The highest BCUT2D eigenvalue weighted by molar-refractivity contribution is 5.50. The van der Waals surface area contributed by atoms with Crippen LogP contribution in [0.4, 0.5) is 0 Å². The third kappa shape index (κ3) is 6.83. The Morgan fingerprint density at radius 3 is 1.06 bits per heavy atom. The fourth-order valence-electron chi connectivity index (χ4n) is 5.16. The summed E-state index contributed by atoms with van der Waals surface area (Å²) < 4.78 is 0. The summed E-state index contributed by atoms with van der Waals surface area (Å²) in [6, 6.07) is 33.4. The van der Waals surface area contributed by atoms with E-state index >= 15 is 0 Å². The van der Waals surface area contributed by atoms with Crippen LogP contribution in [-0.2, 0) is 5.41 Å². The zero-order chi connectivity index (χ0) is 22.3. The van der Waals surface area contributed by atoms with E-state index in [2.05, 4.69) is 97.9 Å². The van der Waals surface area contributed by atoms with Crippen LogP contribution in [-0.4, -0.2) is 0 Å². The lowest BCUT2D eigenvalue weighted by atomic mass is 9.66. The Bertz CT molecular complexity index is 738. The van der Waals surface area contributed by atoms with Crippen LogP contribution in [0.25, 0.3) is 0 Å². The lowest BCUT2D eigenvalue weighted by Gasteiger charge is -2.36. The summed E-state index contributed by atoms with van der Waals surface area (Å²) in [5, 5.41) is 0. The molecule has 0 aliphatic carbocycles. The van der Waals surface area contributed by atoms with E-state index in [9.17, 15) is 0 Å². The highest BCUT2D eigenvalue weighted by atomic mass is 14.4. The molecular weight excluding hydrogens is 384 g/mol. The molecule has 0 bridgehead atoms. The molecule has 0 aromatic heterocycles. The quantitative estimate of drug-likeness (QED) is 0.167. The van der Waals surface area contributed by atoms with Gasteiger partial charge in [-0.05, 0) is 23.1 Å². The molecular formula is C32H42. The van der Waals surface area contributed by atoms with Crippen LogP contribution >= 0.6 is 0 Å². The van der Waals surface area contributed by atoms with Crippen LogP contribution in [0.2, 0.25) is 0 Å². The highest BCUT2D eigenvalue weighted by Crippen LogP contribution is 2.43. The fourth-order valence-corrected chi connectivity index (χ4v) is 5.16. The highest BCUT2D eigenvalue weighted by Gasteiger charge is 2.35. The fraction of sp³-hybridized carbons (Fsp3) is 0.438. The van der Waals surface area contributed by atoms with E-state index in [0.29, 0.717) is 0 Å². The van der Waals surface area contributed by atoms with Crippen LogP contribution < -0.4 is 0 Å². The van der Waals surface area contributed by atoms with Gasteiger partial charge in [0.25, 0.3) is 0 Å². The van der Waals surface area contributed by atoms with Crippen molar-refractivity contribution in [1.29, 1.82) is 0 Å². The van der Waals surface area contributed by atoms with Gasteiger partial charge < -0.3 is 0 Å². The van der Waals surface area contributed by atoms with Gasteiger partial charge in [-0.25, -0.2) is 0 Å². The number of hydrogen-bond acceptors (Lipinski definition) is 0. The molecule has 0 N–H and O–H groups in total. The van der Waals surface area contributed by atoms with Crippen molar-refractivity contribution in [3.8, 4) is 0 Å². The van der Waals surface area contributed by atoms with Gasteiger partial charge in [-0.3, -0.25) is 0 Å². The van der Waals surface area contributed by atoms with E-state index in [1.54, 1.807) is 0 Å². The first-order valence-corrected chi connectivity index (χ1v) is 13.0. The summed E-state index contributed by atoms with van der Waals surface area (Å²) in [4.78, 5) is 0. The Hall–Kier alpha value is -2.34. The minimum absolute atomic E-state index is 0.0803. The van der Waals surface area contributed by atoms with Crippen LogP contribution in [0.1, 0.15) is 101 Å². The first-order chi connectivity index (χ1) is 15.9. The van der Waals surface area contributed by atoms with Crippen molar-refractivity contribution in [3.05, 3.63) is 108 Å². The summed E-state index contributed by atoms with van der Waals surface area (Å²) in [6.07, 6.45) is 16.4. The number of unbranched alkanes of at least 4 members (excludes halogenated alkanes) is 10. The molecule has 0 nitrogen and oxygen atoms in total. The number of benzene rings is 3. The van der Waals surface area contributed by atoms with E-state index in [1.165, 1.54) is 87.3 Å². The Kier molecular flexibility index (Phi) is 10.6. The molecule has 0 amide bonds. The Morgan fingerprint density at radius 2 is 0.719 bits per heavy atom. The molecule has 0 heteroatoms. The van der Waals surface area contributed by atoms with Crippen molar-refractivity contribution in [2.75, 3.05) is 0 Å². The SMILES string of the molecule is CCCCCCCCCCCCCC(c1ccccc1)(c1ccccc1)c1ccccc1. The number of hydrogen-bond donors (Lipinski definition) is 0. The van der Waals surface area contributed by atoms with Gasteiger partial charge in [0.2, 0.25) is 0 Å². The Balaban J connectivity index is 1.64. The van der Waals surface area contributed by atoms with Crippen molar-refractivity contribution in [2.45, 2.75) is 89.4 Å². The minimum Gasteiger partial charge on any atom is -0.0654 e. The molecule has 0 atom stereocenters. The predicted molar refractivity (Wildman–Crippen MR) is 140 cm³/mol. The van der Waals surface area contributed by atoms with Crippen LogP contribution in [0.3, 0.4) is 0 Å². The maximum Gasteiger partial charge on any atom is 0.0451 e. The second-order valence-corrected chi connectivity index (χ2v) is 9.29. The van der Waals surface area contributed by atoms with Gasteiger partial charge in [0.1, 0.15) is 0 Å². The maximum absolute atomic E-state index is 2.32. The topological polar surface area (TPSA) is 0 Å². The molecule has 0 aliphatic heterocycles. The van der Waals surface area contributed by atoms with Crippen molar-refractivity contribution < 1.29 is 0 Å². The maximum atomic E-state index is 2.32. The van der Waals surface area contributed by atoms with Crippen molar-refractivity contribution in [3.63, 3.8) is 0 Å². The molecule has 0 saturated heterocycles. The van der Waals surface area contributed by atoms with E-state index in [0.717, 1.165) is 6.42 Å². The molecule has 3 aromatic rings. The zero-order valence-corrected chi connectivity index (χ0v) is 20.1. The van der Waals surface area contributed by atoms with E-state index in [1.807, 2.05) is 0 Å². The van der Waals surface area contributed by atoms with E-state index < -0.39 is 0 Å². The molecule has 0 radical (unpaired) electrons. The number of rotatable bonds is 15. The van der Waals surface area contributed by atoms with Gasteiger partial charge in [0.15, 0.2) is 0 Å². The van der Waals surface area contributed by atoms with Gasteiger partial charge in [-0.15, -0.1) is 0 Å². The average Bonchev–Trinajstić information content (AvgIpc) is 2.87. The van der Waals surface area contributed by atoms with E-state index in [-0.39, 0.29) is 5.41 Å². The smallest absolute Gasteiger partial charge is 0.0451 e. The van der Waals surface area contributed by atoms with Crippen molar-refractivity contribution in [2.24, 2.45) is 0 Å². The van der Waals surface area contributed by atoms with Gasteiger partial charge in [0, 0.05) is 5.41 Å². The molecule has 0 unspecified atom stereocenters. The predicted octanol–water partition coefficient (Wildman–Crippen LogP) is 9.72. The normalized spacial score (nSPS) is 11.5. The molecule has 0 aliphatic rings. The van der Waals surface area contributed by atoms with Gasteiger partial charge in [-0.1, -0.05) is 169 Å².